The highest BCUT2D eigenvalue weighted by Gasteiger charge is 2.15. The van der Waals surface area contributed by atoms with E-state index in [1.165, 1.54) is 0 Å². The lowest BCUT2D eigenvalue weighted by Crippen LogP contribution is -2.35. The number of hydrogen-bond acceptors (Lipinski definition) is 3. The summed E-state index contributed by atoms with van der Waals surface area (Å²) in [5.41, 5.74) is 0. The molecule has 0 radical (unpaired) electrons. The first-order valence-corrected chi connectivity index (χ1v) is 5.27. The minimum Gasteiger partial charge on any atom is -0.466 e. The first-order chi connectivity index (χ1) is 7.15. The first kappa shape index (κ1) is 13.9. The number of ether oxygens (including phenoxy) is 1. The van der Waals surface area contributed by atoms with Crippen molar-refractivity contribution in [3.05, 3.63) is 25.3 Å². The van der Waals surface area contributed by atoms with E-state index in [9.17, 15) is 4.79 Å². The molecule has 0 aliphatic rings. The van der Waals surface area contributed by atoms with Gasteiger partial charge in [0.25, 0.3) is 0 Å². The number of nitrogens with zero attached hydrogens (tertiary/aromatic N) is 1. The zero-order valence-corrected chi connectivity index (χ0v) is 9.74. The van der Waals surface area contributed by atoms with Gasteiger partial charge in [-0.25, -0.2) is 0 Å². The summed E-state index contributed by atoms with van der Waals surface area (Å²) in [4.78, 5) is 13.4. The average Bonchev–Trinajstić information content (AvgIpc) is 2.17. The van der Waals surface area contributed by atoms with E-state index in [1.807, 2.05) is 26.0 Å². The quantitative estimate of drug-likeness (QED) is 0.454. The van der Waals surface area contributed by atoms with E-state index in [0.717, 1.165) is 13.1 Å². The van der Waals surface area contributed by atoms with Crippen molar-refractivity contribution in [1.29, 1.82) is 0 Å². The molecule has 86 valence electrons. The Morgan fingerprint density at radius 2 is 1.93 bits per heavy atom. The summed E-state index contributed by atoms with van der Waals surface area (Å²) in [5, 5.41) is 0. The first-order valence-electron chi connectivity index (χ1n) is 5.27. The van der Waals surface area contributed by atoms with Crippen LogP contribution in [0.3, 0.4) is 0 Å². The molecule has 0 saturated heterocycles. The van der Waals surface area contributed by atoms with Crippen molar-refractivity contribution in [3.63, 3.8) is 0 Å². The van der Waals surface area contributed by atoms with Crippen LogP contribution in [0.5, 0.6) is 0 Å². The standard InChI is InChI=1S/C12H21NO2/c1-5-8-13(9-6-2)11(4)10-12(14)15-7-3/h5-6,11H,1-2,7-10H2,3-4H3. The van der Waals surface area contributed by atoms with Crippen molar-refractivity contribution >= 4 is 5.97 Å². The molecule has 0 heterocycles. The molecule has 0 spiro atoms. The summed E-state index contributed by atoms with van der Waals surface area (Å²) in [5.74, 6) is -0.150. The second-order valence-corrected chi connectivity index (χ2v) is 3.39. The monoisotopic (exact) mass is 211 g/mol. The lowest BCUT2D eigenvalue weighted by Gasteiger charge is -2.25. The second-order valence-electron chi connectivity index (χ2n) is 3.39. The third-order valence-electron chi connectivity index (χ3n) is 2.12. The van der Waals surface area contributed by atoms with Crippen LogP contribution < -0.4 is 0 Å². The van der Waals surface area contributed by atoms with E-state index in [1.54, 1.807) is 0 Å². The fraction of sp³-hybridized carbons (Fsp3) is 0.583. The van der Waals surface area contributed by atoms with Gasteiger partial charge in [-0.15, -0.1) is 13.2 Å². The highest BCUT2D eigenvalue weighted by atomic mass is 16.5. The number of carbonyl (C=O) groups is 1. The summed E-state index contributed by atoms with van der Waals surface area (Å²) in [6, 6.07) is 0.153. The molecule has 1 atom stereocenters. The van der Waals surface area contributed by atoms with Gasteiger partial charge in [0, 0.05) is 19.1 Å². The summed E-state index contributed by atoms with van der Waals surface area (Å²) in [7, 11) is 0. The van der Waals surface area contributed by atoms with Crippen molar-refractivity contribution in [2.45, 2.75) is 26.3 Å². The predicted octanol–water partition coefficient (Wildman–Crippen LogP) is 2.00. The van der Waals surface area contributed by atoms with Gasteiger partial charge in [0.2, 0.25) is 0 Å². The zero-order chi connectivity index (χ0) is 11.7. The van der Waals surface area contributed by atoms with Crippen LogP contribution in [0, 0.1) is 0 Å². The molecule has 0 fully saturated rings. The average molecular weight is 211 g/mol. The van der Waals surface area contributed by atoms with Gasteiger partial charge >= 0.3 is 5.97 Å². The Hall–Kier alpha value is -1.09. The van der Waals surface area contributed by atoms with Crippen LogP contribution in [0.2, 0.25) is 0 Å². The van der Waals surface area contributed by atoms with E-state index >= 15 is 0 Å². The minimum atomic E-state index is -0.150. The molecule has 0 aromatic rings. The molecule has 0 aromatic heterocycles. The van der Waals surface area contributed by atoms with Crippen LogP contribution >= 0.6 is 0 Å². The van der Waals surface area contributed by atoms with E-state index in [-0.39, 0.29) is 12.0 Å². The number of rotatable bonds is 8. The lowest BCUT2D eigenvalue weighted by molar-refractivity contribution is -0.144. The molecule has 0 aliphatic heterocycles. The van der Waals surface area contributed by atoms with Crippen molar-refractivity contribution in [1.82, 2.24) is 4.90 Å². The van der Waals surface area contributed by atoms with Gasteiger partial charge in [-0.1, -0.05) is 12.2 Å². The molecule has 0 rings (SSSR count). The molecular weight excluding hydrogens is 190 g/mol. The highest BCUT2D eigenvalue weighted by Crippen LogP contribution is 2.05. The van der Waals surface area contributed by atoms with Crippen LogP contribution in [-0.2, 0) is 9.53 Å². The Balaban J connectivity index is 4.10. The molecular formula is C12H21NO2. The Kier molecular flexibility index (Phi) is 7.64. The molecule has 3 heteroatoms. The zero-order valence-electron chi connectivity index (χ0n) is 9.74. The molecule has 15 heavy (non-hydrogen) atoms. The largest absolute Gasteiger partial charge is 0.466 e. The molecule has 0 saturated carbocycles. The van der Waals surface area contributed by atoms with Gasteiger partial charge in [-0.05, 0) is 13.8 Å². The van der Waals surface area contributed by atoms with Crippen LogP contribution in [-0.4, -0.2) is 36.6 Å². The topological polar surface area (TPSA) is 29.5 Å². The fourth-order valence-electron chi connectivity index (χ4n) is 1.36. The van der Waals surface area contributed by atoms with Gasteiger partial charge in [-0.3, -0.25) is 9.69 Å². The fourth-order valence-corrected chi connectivity index (χ4v) is 1.36. The minimum absolute atomic E-state index is 0.150. The van der Waals surface area contributed by atoms with E-state index in [4.69, 9.17) is 4.74 Å². The SMILES string of the molecule is C=CCN(CC=C)C(C)CC(=O)OCC. The van der Waals surface area contributed by atoms with E-state index in [0.29, 0.717) is 13.0 Å². The van der Waals surface area contributed by atoms with Gasteiger partial charge in [-0.2, -0.15) is 0 Å². The summed E-state index contributed by atoms with van der Waals surface area (Å²) < 4.78 is 4.90. The Bertz CT molecular complexity index is 204. The van der Waals surface area contributed by atoms with Gasteiger partial charge < -0.3 is 4.74 Å². The van der Waals surface area contributed by atoms with Crippen LogP contribution in [0.4, 0.5) is 0 Å². The molecule has 1 unspecified atom stereocenters. The summed E-state index contributed by atoms with van der Waals surface area (Å²) in [6.45, 7) is 13.1. The Morgan fingerprint density at radius 3 is 2.33 bits per heavy atom. The Labute approximate surface area is 92.4 Å². The number of hydrogen-bond donors (Lipinski definition) is 0. The van der Waals surface area contributed by atoms with E-state index in [2.05, 4.69) is 18.1 Å². The van der Waals surface area contributed by atoms with Crippen molar-refractivity contribution < 1.29 is 9.53 Å². The molecule has 0 bridgehead atoms. The van der Waals surface area contributed by atoms with Gasteiger partial charge in [0.15, 0.2) is 0 Å². The third-order valence-corrected chi connectivity index (χ3v) is 2.12. The molecule has 3 nitrogen and oxygen atoms in total. The molecule has 0 aromatic carbocycles. The molecule has 0 N–H and O–H groups in total. The van der Waals surface area contributed by atoms with Gasteiger partial charge in [0.05, 0.1) is 13.0 Å². The van der Waals surface area contributed by atoms with Crippen molar-refractivity contribution in [3.8, 4) is 0 Å². The molecule has 0 aliphatic carbocycles. The third kappa shape index (κ3) is 6.07. The smallest absolute Gasteiger partial charge is 0.307 e. The maximum absolute atomic E-state index is 11.3. The van der Waals surface area contributed by atoms with Gasteiger partial charge in [0.1, 0.15) is 0 Å². The second kappa shape index (κ2) is 8.24. The van der Waals surface area contributed by atoms with Crippen LogP contribution in [0.1, 0.15) is 20.3 Å². The number of carbonyl (C=O) groups excluding carboxylic acids is 1. The van der Waals surface area contributed by atoms with Crippen molar-refractivity contribution in [2.75, 3.05) is 19.7 Å². The maximum atomic E-state index is 11.3. The maximum Gasteiger partial charge on any atom is 0.307 e. The van der Waals surface area contributed by atoms with E-state index < -0.39 is 0 Å². The summed E-state index contributed by atoms with van der Waals surface area (Å²) in [6.07, 6.45) is 4.06. The normalized spacial score (nSPS) is 12.2. The number of esters is 1. The predicted molar refractivity (Wildman–Crippen MR) is 62.7 cm³/mol. The molecule has 0 amide bonds. The summed E-state index contributed by atoms with van der Waals surface area (Å²) >= 11 is 0. The van der Waals surface area contributed by atoms with Crippen LogP contribution in [0.15, 0.2) is 25.3 Å². The van der Waals surface area contributed by atoms with Crippen molar-refractivity contribution in [2.24, 2.45) is 0 Å². The highest BCUT2D eigenvalue weighted by molar-refractivity contribution is 5.70. The van der Waals surface area contributed by atoms with Crippen LogP contribution in [0.25, 0.3) is 0 Å². The Morgan fingerprint density at radius 1 is 1.40 bits per heavy atom. The lowest BCUT2D eigenvalue weighted by atomic mass is 10.2.